The molecule has 2 aromatic heterocycles. The third-order valence-corrected chi connectivity index (χ3v) is 9.18. The number of imidazole rings is 1. The minimum Gasteiger partial charge on any atom is -0.465 e. The third kappa shape index (κ3) is 6.56. The predicted molar refractivity (Wildman–Crippen MR) is 155 cm³/mol. The number of anilines is 2. The standard InChI is InChI=1S/C24H32ClFN7O6PS/c1-5-36-22(35)14(2)31-40(41,39-15-9-7-6-8-10-15)37-12-24(11-25)18(34)16(26)21(38-24)33-13-28-17-19(32(3)4)29-23(27)30-20(17)33/h6-10,13-14,16,18,21,34H,5,11-12H2,1-4H3,(H,31,41)(H2,27,29,30)/t14-,16-,18+,21-,24-,40+/m1/s1. The number of nitrogens with one attached hydrogen (secondary N) is 1. The second-order valence-corrected chi connectivity index (χ2v) is 12.9. The van der Waals surface area contributed by atoms with Crippen LogP contribution in [0.25, 0.3) is 11.2 Å². The summed E-state index contributed by atoms with van der Waals surface area (Å²) in [6.07, 6.45) is -3.77. The fourth-order valence-electron chi connectivity index (χ4n) is 4.18. The Balaban J connectivity index is 1.62. The first-order valence-electron chi connectivity index (χ1n) is 12.6. The van der Waals surface area contributed by atoms with Crippen LogP contribution in [0.1, 0.15) is 20.1 Å². The highest BCUT2D eigenvalue weighted by atomic mass is 35.5. The Morgan fingerprint density at radius 2 is 2.10 bits per heavy atom. The van der Waals surface area contributed by atoms with Crippen LogP contribution in [-0.4, -0.2) is 87.7 Å². The van der Waals surface area contributed by atoms with Crippen LogP contribution in [0.2, 0.25) is 0 Å². The van der Waals surface area contributed by atoms with E-state index in [1.807, 2.05) is 0 Å². The summed E-state index contributed by atoms with van der Waals surface area (Å²) in [6.45, 7) is -0.617. The van der Waals surface area contributed by atoms with Gasteiger partial charge in [0, 0.05) is 14.1 Å². The molecule has 1 aliphatic rings. The van der Waals surface area contributed by atoms with Crippen LogP contribution in [0, 0.1) is 0 Å². The molecule has 17 heteroatoms. The van der Waals surface area contributed by atoms with Crippen molar-refractivity contribution in [2.24, 2.45) is 0 Å². The molecule has 0 amide bonds. The van der Waals surface area contributed by atoms with Crippen LogP contribution in [0.5, 0.6) is 5.75 Å². The number of aliphatic hydroxyl groups is 1. The van der Waals surface area contributed by atoms with Crippen LogP contribution >= 0.6 is 18.2 Å². The lowest BCUT2D eigenvalue weighted by molar-refractivity contribution is -0.144. The summed E-state index contributed by atoms with van der Waals surface area (Å²) >= 11 is 12.0. The zero-order valence-corrected chi connectivity index (χ0v) is 25.3. The Morgan fingerprint density at radius 3 is 2.73 bits per heavy atom. The molecule has 3 heterocycles. The van der Waals surface area contributed by atoms with Gasteiger partial charge in [-0.1, -0.05) is 18.2 Å². The van der Waals surface area contributed by atoms with Gasteiger partial charge in [0.15, 0.2) is 29.4 Å². The predicted octanol–water partition coefficient (Wildman–Crippen LogP) is 2.54. The topological polar surface area (TPSA) is 159 Å². The lowest BCUT2D eigenvalue weighted by Gasteiger charge is -2.33. The van der Waals surface area contributed by atoms with E-state index in [2.05, 4.69) is 20.0 Å². The highest BCUT2D eigenvalue weighted by molar-refractivity contribution is 8.09. The number of hydrogen-bond donors (Lipinski definition) is 3. The molecular formula is C24H32ClFN7O6PS. The number of carbonyl (C=O) groups excluding carboxylic acids is 1. The molecule has 0 spiro atoms. The van der Waals surface area contributed by atoms with Gasteiger partial charge in [-0.15, -0.1) is 11.6 Å². The highest BCUT2D eigenvalue weighted by Gasteiger charge is 2.57. The SMILES string of the molecule is CCOC(=O)[C@@H](C)N[P@](=S)(OC[C@@]1(CCl)O[C@@H](n2cnc3c(N(C)C)nc(N)nc32)[C@H](F)[C@@H]1O)Oc1ccccc1. The second kappa shape index (κ2) is 12.7. The fraction of sp³-hybridized carbons (Fsp3) is 0.500. The molecule has 1 fully saturated rings. The Kier molecular flexibility index (Phi) is 9.69. The van der Waals surface area contributed by atoms with Gasteiger partial charge in [0.05, 0.1) is 25.4 Å². The summed E-state index contributed by atoms with van der Waals surface area (Å²) in [4.78, 5) is 26.7. The molecule has 0 saturated carbocycles. The molecule has 0 bridgehead atoms. The fourth-order valence-corrected chi connectivity index (χ4v) is 6.91. The first-order chi connectivity index (χ1) is 19.4. The first-order valence-corrected chi connectivity index (χ1v) is 15.8. The summed E-state index contributed by atoms with van der Waals surface area (Å²) < 4.78 is 40.2. The molecule has 6 atom stereocenters. The monoisotopic (exact) mass is 631 g/mol. The van der Waals surface area contributed by atoms with E-state index in [0.29, 0.717) is 17.1 Å². The summed E-state index contributed by atoms with van der Waals surface area (Å²) in [5.74, 6) is -0.198. The second-order valence-electron chi connectivity index (χ2n) is 9.50. The lowest BCUT2D eigenvalue weighted by atomic mass is 9.99. The van der Waals surface area contributed by atoms with E-state index in [1.165, 1.54) is 10.9 Å². The van der Waals surface area contributed by atoms with Crippen molar-refractivity contribution in [3.8, 4) is 5.75 Å². The van der Waals surface area contributed by atoms with Gasteiger partial charge in [0.2, 0.25) is 5.95 Å². The number of benzene rings is 1. The van der Waals surface area contributed by atoms with Crippen LogP contribution in [0.4, 0.5) is 16.2 Å². The lowest BCUT2D eigenvalue weighted by Crippen LogP contribution is -2.48. The molecule has 1 saturated heterocycles. The minimum atomic E-state index is -3.52. The number of nitrogens with zero attached hydrogens (tertiary/aromatic N) is 5. The number of nitrogens with two attached hydrogens (primary N) is 1. The van der Waals surface area contributed by atoms with Gasteiger partial charge >= 0.3 is 12.6 Å². The van der Waals surface area contributed by atoms with Crippen LogP contribution < -0.4 is 20.2 Å². The number of fused-ring (bicyclic) bond motifs is 1. The highest BCUT2D eigenvalue weighted by Crippen LogP contribution is 2.49. The molecule has 4 rings (SSSR count). The summed E-state index contributed by atoms with van der Waals surface area (Å²) in [5, 5.41) is 13.9. The first kappa shape index (κ1) is 31.3. The number of hydrogen-bond acceptors (Lipinski definition) is 12. The van der Waals surface area contributed by atoms with E-state index < -0.39 is 49.4 Å². The number of aliphatic hydroxyl groups excluding tert-OH is 1. The van der Waals surface area contributed by atoms with Crippen LogP contribution in [-0.2, 0) is 30.6 Å². The summed E-state index contributed by atoms with van der Waals surface area (Å²) in [5.41, 5.74) is 4.70. The normalized spacial score (nSPS) is 24.6. The number of para-hydroxylation sites is 1. The molecule has 3 aromatic rings. The van der Waals surface area contributed by atoms with E-state index in [-0.39, 0.29) is 24.1 Å². The van der Waals surface area contributed by atoms with E-state index >= 15 is 4.39 Å². The Labute approximate surface area is 246 Å². The number of esters is 1. The molecule has 1 aromatic carbocycles. The molecule has 41 heavy (non-hydrogen) atoms. The van der Waals surface area contributed by atoms with E-state index in [0.717, 1.165) is 0 Å². The smallest absolute Gasteiger partial charge is 0.323 e. The molecule has 224 valence electrons. The molecule has 0 unspecified atom stereocenters. The number of aromatic nitrogens is 4. The molecule has 1 aliphatic heterocycles. The Bertz CT molecular complexity index is 1420. The molecule has 0 aliphatic carbocycles. The maximum atomic E-state index is 15.7. The largest absolute Gasteiger partial charge is 0.465 e. The van der Waals surface area contributed by atoms with Crippen LogP contribution in [0.15, 0.2) is 36.7 Å². The van der Waals surface area contributed by atoms with Crippen molar-refractivity contribution in [2.45, 2.75) is 44.0 Å². The number of alkyl halides is 2. The van der Waals surface area contributed by atoms with Crippen molar-refractivity contribution in [1.82, 2.24) is 24.6 Å². The van der Waals surface area contributed by atoms with Gasteiger partial charge in [-0.2, -0.15) is 9.97 Å². The average molecular weight is 632 g/mol. The van der Waals surface area contributed by atoms with Crippen molar-refractivity contribution in [2.75, 3.05) is 43.8 Å². The van der Waals surface area contributed by atoms with E-state index in [4.69, 9.17) is 47.7 Å². The van der Waals surface area contributed by atoms with Gasteiger partial charge in [-0.05, 0) is 37.8 Å². The van der Waals surface area contributed by atoms with Gasteiger partial charge in [0.1, 0.15) is 23.5 Å². The quantitative estimate of drug-likeness (QED) is 0.152. The van der Waals surface area contributed by atoms with E-state index in [9.17, 15) is 9.90 Å². The Hall–Kier alpha value is -2.65. The number of rotatable bonds is 12. The van der Waals surface area contributed by atoms with Crippen molar-refractivity contribution >= 4 is 58.9 Å². The summed E-state index contributed by atoms with van der Waals surface area (Å²) in [7, 11) is 3.50. The molecule has 13 nitrogen and oxygen atoms in total. The zero-order chi connectivity index (χ0) is 29.9. The van der Waals surface area contributed by atoms with Gasteiger partial charge in [0.25, 0.3) is 0 Å². The van der Waals surface area contributed by atoms with Gasteiger partial charge < -0.3 is 34.3 Å². The number of carbonyl (C=O) groups is 1. The van der Waals surface area contributed by atoms with Crippen molar-refractivity contribution in [3.63, 3.8) is 0 Å². The van der Waals surface area contributed by atoms with Gasteiger partial charge in [-0.3, -0.25) is 9.36 Å². The summed E-state index contributed by atoms with van der Waals surface area (Å²) in [6, 6.07) is 7.68. The molecular weight excluding hydrogens is 600 g/mol. The van der Waals surface area contributed by atoms with E-state index in [1.54, 1.807) is 63.2 Å². The van der Waals surface area contributed by atoms with Crippen molar-refractivity contribution in [1.29, 1.82) is 0 Å². The molecule has 0 radical (unpaired) electrons. The number of ether oxygens (including phenoxy) is 2. The zero-order valence-electron chi connectivity index (χ0n) is 22.8. The third-order valence-electron chi connectivity index (χ3n) is 6.25. The minimum absolute atomic E-state index is 0.0515. The Morgan fingerprint density at radius 1 is 1.39 bits per heavy atom. The maximum Gasteiger partial charge on any atom is 0.323 e. The van der Waals surface area contributed by atoms with Gasteiger partial charge in [-0.25, -0.2) is 14.5 Å². The van der Waals surface area contributed by atoms with Crippen molar-refractivity contribution in [3.05, 3.63) is 36.7 Å². The molecule has 4 N–H and O–H groups in total. The van der Waals surface area contributed by atoms with Crippen LogP contribution in [0.3, 0.4) is 0 Å². The number of halogens is 2. The maximum absolute atomic E-state index is 15.7. The van der Waals surface area contributed by atoms with Crippen molar-refractivity contribution < 1.29 is 32.8 Å². The number of nitrogen functional groups attached to an aromatic ring is 1. The average Bonchev–Trinajstić information content (AvgIpc) is 3.46.